The summed E-state index contributed by atoms with van der Waals surface area (Å²) >= 11 is 0. The number of hydrogen-bond donors (Lipinski definition) is 1. The van der Waals surface area contributed by atoms with Gasteiger partial charge >= 0.3 is 0 Å². The topological polar surface area (TPSA) is 23.5 Å². The van der Waals surface area contributed by atoms with Gasteiger partial charge in [0, 0.05) is 6.04 Å². The molecular weight excluding hydrogens is 198 g/mol. The molecule has 2 heteroatoms. The third kappa shape index (κ3) is 2.28. The lowest BCUT2D eigenvalue weighted by molar-refractivity contribution is -0.0257. The molecule has 2 nitrogen and oxygen atoms in total. The van der Waals surface area contributed by atoms with Crippen LogP contribution in [0.2, 0.25) is 0 Å². The van der Waals surface area contributed by atoms with Gasteiger partial charge < -0.3 is 5.11 Å². The molecule has 0 bridgehead atoms. The van der Waals surface area contributed by atoms with E-state index in [0.717, 1.165) is 6.42 Å². The van der Waals surface area contributed by atoms with Crippen molar-refractivity contribution >= 4 is 0 Å². The molecule has 0 aromatic heterocycles. The Morgan fingerprint density at radius 1 is 1.19 bits per heavy atom. The average Bonchev–Trinajstić information content (AvgIpc) is 2.82. The maximum absolute atomic E-state index is 10.4. The Balaban J connectivity index is 1.96. The molecule has 1 saturated heterocycles. The van der Waals surface area contributed by atoms with Crippen LogP contribution in [0.15, 0.2) is 0 Å². The van der Waals surface area contributed by atoms with E-state index in [4.69, 9.17) is 0 Å². The zero-order valence-electron chi connectivity index (χ0n) is 10.9. The second kappa shape index (κ2) is 5.05. The third-order valence-electron chi connectivity index (χ3n) is 5.17. The fourth-order valence-corrected chi connectivity index (χ4v) is 3.72. The zero-order valence-corrected chi connectivity index (χ0v) is 10.9. The molecule has 2 rings (SSSR count). The quantitative estimate of drug-likeness (QED) is 0.798. The Kier molecular flexibility index (Phi) is 3.91. The highest BCUT2D eigenvalue weighted by molar-refractivity contribution is 4.94. The molecule has 1 heterocycles. The van der Waals surface area contributed by atoms with E-state index in [2.05, 4.69) is 18.7 Å². The van der Waals surface area contributed by atoms with Crippen molar-refractivity contribution in [3.8, 4) is 0 Å². The maximum Gasteiger partial charge on any atom is 0.0700 e. The first-order valence-electron chi connectivity index (χ1n) is 7.13. The van der Waals surface area contributed by atoms with E-state index < -0.39 is 0 Å². The summed E-state index contributed by atoms with van der Waals surface area (Å²) in [4.78, 5) is 2.53. The second-order valence-corrected chi connectivity index (χ2v) is 5.83. The van der Waals surface area contributed by atoms with Gasteiger partial charge in [-0.1, -0.05) is 26.7 Å². The summed E-state index contributed by atoms with van der Waals surface area (Å²) in [6.07, 6.45) is 8.60. The van der Waals surface area contributed by atoms with E-state index in [0.29, 0.717) is 11.5 Å². The minimum Gasteiger partial charge on any atom is -0.391 e. The molecule has 94 valence electrons. The molecule has 0 amide bonds. The number of rotatable bonds is 3. The Labute approximate surface area is 100 Å². The molecule has 2 fully saturated rings. The monoisotopic (exact) mass is 225 g/mol. The first-order valence-corrected chi connectivity index (χ1v) is 7.13. The summed E-state index contributed by atoms with van der Waals surface area (Å²) in [5.41, 5.74) is 0.440. The fraction of sp³-hybridized carbons (Fsp3) is 1.00. The second-order valence-electron chi connectivity index (χ2n) is 5.83. The van der Waals surface area contributed by atoms with E-state index in [9.17, 15) is 5.11 Å². The first kappa shape index (κ1) is 12.4. The summed E-state index contributed by atoms with van der Waals surface area (Å²) in [6, 6.07) is 0.466. The molecule has 0 radical (unpaired) electrons. The third-order valence-corrected chi connectivity index (χ3v) is 5.17. The van der Waals surface area contributed by atoms with Crippen LogP contribution >= 0.6 is 0 Å². The van der Waals surface area contributed by atoms with Crippen LogP contribution in [-0.4, -0.2) is 35.2 Å². The zero-order chi connectivity index (χ0) is 11.6. The molecule has 2 atom stereocenters. The van der Waals surface area contributed by atoms with Gasteiger partial charge in [-0.2, -0.15) is 0 Å². The first-order chi connectivity index (χ1) is 7.71. The van der Waals surface area contributed by atoms with Gasteiger partial charge in [0.1, 0.15) is 0 Å². The van der Waals surface area contributed by atoms with Gasteiger partial charge in [-0.3, -0.25) is 4.90 Å². The van der Waals surface area contributed by atoms with Crippen molar-refractivity contribution in [2.75, 3.05) is 13.1 Å². The largest absolute Gasteiger partial charge is 0.391 e. The summed E-state index contributed by atoms with van der Waals surface area (Å²) < 4.78 is 0. The van der Waals surface area contributed by atoms with E-state index >= 15 is 0 Å². The Morgan fingerprint density at radius 3 is 2.31 bits per heavy atom. The molecule has 0 unspecified atom stereocenters. The van der Waals surface area contributed by atoms with Gasteiger partial charge in [0.05, 0.1) is 6.10 Å². The summed E-state index contributed by atoms with van der Waals surface area (Å²) in [5, 5.41) is 10.4. The van der Waals surface area contributed by atoms with Crippen molar-refractivity contribution in [1.82, 2.24) is 4.90 Å². The van der Waals surface area contributed by atoms with Crippen molar-refractivity contribution in [3.05, 3.63) is 0 Å². The average molecular weight is 225 g/mol. The van der Waals surface area contributed by atoms with Gasteiger partial charge in [0.25, 0.3) is 0 Å². The fourth-order valence-electron chi connectivity index (χ4n) is 3.72. The van der Waals surface area contributed by atoms with Crippen LogP contribution in [-0.2, 0) is 0 Å². The standard InChI is InChI=1S/C14H27NO/c1-3-14(4-2)8-7-12(13(16)11-14)15-9-5-6-10-15/h12-13,16H,3-11H2,1-2H3/t12-,13-/m1/s1. The highest BCUT2D eigenvalue weighted by Gasteiger charge is 2.40. The van der Waals surface area contributed by atoms with Crippen molar-refractivity contribution < 1.29 is 5.11 Å². The van der Waals surface area contributed by atoms with Crippen LogP contribution < -0.4 is 0 Å². The van der Waals surface area contributed by atoms with Gasteiger partial charge in [-0.25, -0.2) is 0 Å². The minimum absolute atomic E-state index is 0.0771. The summed E-state index contributed by atoms with van der Waals surface area (Å²) in [7, 11) is 0. The molecule has 0 spiro atoms. The predicted molar refractivity (Wildman–Crippen MR) is 67.5 cm³/mol. The van der Waals surface area contributed by atoms with Crippen LogP contribution in [0.3, 0.4) is 0 Å². The number of aliphatic hydroxyl groups is 1. The number of likely N-dealkylation sites (tertiary alicyclic amines) is 1. The summed E-state index contributed by atoms with van der Waals surface area (Å²) in [6.45, 7) is 7.00. The minimum atomic E-state index is -0.0771. The number of aliphatic hydroxyl groups excluding tert-OH is 1. The van der Waals surface area contributed by atoms with Crippen molar-refractivity contribution in [1.29, 1.82) is 0 Å². The maximum atomic E-state index is 10.4. The Bertz CT molecular complexity index is 219. The summed E-state index contributed by atoms with van der Waals surface area (Å²) in [5.74, 6) is 0. The van der Waals surface area contributed by atoms with Crippen molar-refractivity contribution in [2.24, 2.45) is 5.41 Å². The van der Waals surface area contributed by atoms with E-state index in [1.165, 1.54) is 51.6 Å². The van der Waals surface area contributed by atoms with E-state index in [1.807, 2.05) is 0 Å². The molecule has 1 saturated carbocycles. The van der Waals surface area contributed by atoms with Gasteiger partial charge in [0.15, 0.2) is 0 Å². The predicted octanol–water partition coefficient (Wildman–Crippen LogP) is 2.80. The number of nitrogens with zero attached hydrogens (tertiary/aromatic N) is 1. The Hall–Kier alpha value is -0.0800. The molecule has 16 heavy (non-hydrogen) atoms. The van der Waals surface area contributed by atoms with Crippen LogP contribution in [0, 0.1) is 5.41 Å². The molecular formula is C14H27NO. The van der Waals surface area contributed by atoms with Gasteiger partial charge in [-0.15, -0.1) is 0 Å². The lowest BCUT2D eigenvalue weighted by Gasteiger charge is -2.45. The van der Waals surface area contributed by atoms with Gasteiger partial charge in [0.2, 0.25) is 0 Å². The lowest BCUT2D eigenvalue weighted by Crippen LogP contribution is -2.48. The van der Waals surface area contributed by atoms with Crippen molar-refractivity contribution in [3.63, 3.8) is 0 Å². The van der Waals surface area contributed by atoms with Gasteiger partial charge in [-0.05, 0) is 50.6 Å². The molecule has 0 aromatic carbocycles. The molecule has 1 aliphatic carbocycles. The normalized spacial score (nSPS) is 35.4. The van der Waals surface area contributed by atoms with Crippen molar-refractivity contribution in [2.45, 2.75) is 70.9 Å². The molecule has 1 aliphatic heterocycles. The lowest BCUT2D eigenvalue weighted by atomic mass is 9.68. The SMILES string of the molecule is CCC1(CC)CC[C@@H](N2CCCC2)[C@H](O)C1. The van der Waals surface area contributed by atoms with Crippen LogP contribution in [0.5, 0.6) is 0 Å². The van der Waals surface area contributed by atoms with E-state index in [-0.39, 0.29) is 6.10 Å². The van der Waals surface area contributed by atoms with Crippen LogP contribution in [0.4, 0.5) is 0 Å². The molecule has 1 N–H and O–H groups in total. The van der Waals surface area contributed by atoms with Crippen LogP contribution in [0.1, 0.15) is 58.8 Å². The van der Waals surface area contributed by atoms with E-state index in [1.54, 1.807) is 0 Å². The smallest absolute Gasteiger partial charge is 0.0700 e. The van der Waals surface area contributed by atoms with Crippen LogP contribution in [0.25, 0.3) is 0 Å². The molecule has 2 aliphatic rings. The number of hydrogen-bond acceptors (Lipinski definition) is 2. The highest BCUT2D eigenvalue weighted by Crippen LogP contribution is 2.43. The highest BCUT2D eigenvalue weighted by atomic mass is 16.3. The Morgan fingerprint density at radius 2 is 1.81 bits per heavy atom. The molecule has 0 aromatic rings.